The van der Waals surface area contributed by atoms with Crippen molar-refractivity contribution in [2.24, 2.45) is 7.05 Å². The molecule has 2 aromatic heterocycles. The van der Waals surface area contributed by atoms with Crippen molar-refractivity contribution in [3.63, 3.8) is 0 Å². The number of nitrogens with zero attached hydrogens (tertiary/aromatic N) is 3. The fourth-order valence-corrected chi connectivity index (χ4v) is 2.41. The van der Waals surface area contributed by atoms with Crippen LogP contribution in [0.5, 0.6) is 0 Å². The smallest absolute Gasteiger partial charge is 0.251 e. The third-order valence-electron chi connectivity index (χ3n) is 3.94. The van der Waals surface area contributed by atoms with Crippen LogP contribution in [-0.4, -0.2) is 20.4 Å². The fraction of sp³-hybridized carbons (Fsp3) is 0.222. The number of rotatable bonds is 3. The van der Waals surface area contributed by atoms with Crippen LogP contribution in [0.15, 0.2) is 41.3 Å². The fourth-order valence-electron chi connectivity index (χ4n) is 2.41. The van der Waals surface area contributed by atoms with Gasteiger partial charge in [0.15, 0.2) is 0 Å². The molecule has 0 radical (unpaired) electrons. The second-order valence-corrected chi connectivity index (χ2v) is 5.77. The van der Waals surface area contributed by atoms with Crippen LogP contribution >= 0.6 is 0 Å². The lowest BCUT2D eigenvalue weighted by Gasteiger charge is -2.08. The van der Waals surface area contributed by atoms with E-state index in [9.17, 15) is 9.59 Å². The van der Waals surface area contributed by atoms with E-state index in [1.807, 2.05) is 13.8 Å². The quantitative estimate of drug-likeness (QED) is 0.799. The maximum Gasteiger partial charge on any atom is 0.251 e. The molecule has 1 amide bonds. The Morgan fingerprint density at radius 1 is 1.08 bits per heavy atom. The van der Waals surface area contributed by atoms with Gasteiger partial charge in [0.25, 0.3) is 5.91 Å². The number of benzene rings is 1. The van der Waals surface area contributed by atoms with Crippen LogP contribution in [0.3, 0.4) is 0 Å². The normalized spacial score (nSPS) is 10.8. The maximum atomic E-state index is 12.3. The lowest BCUT2D eigenvalue weighted by atomic mass is 10.1. The molecule has 122 valence electrons. The Morgan fingerprint density at radius 2 is 1.79 bits per heavy atom. The maximum absolute atomic E-state index is 12.3. The molecule has 6 nitrogen and oxygen atoms in total. The van der Waals surface area contributed by atoms with Crippen LogP contribution in [0, 0.1) is 13.8 Å². The first-order valence-electron chi connectivity index (χ1n) is 7.63. The molecule has 3 aromatic rings. The Morgan fingerprint density at radius 3 is 2.50 bits per heavy atom. The van der Waals surface area contributed by atoms with Crippen molar-refractivity contribution in [2.75, 3.05) is 0 Å². The summed E-state index contributed by atoms with van der Waals surface area (Å²) in [4.78, 5) is 32.6. The number of fused-ring (bicyclic) bond motifs is 1. The summed E-state index contributed by atoms with van der Waals surface area (Å²) in [5.74, 6) is -0.189. The lowest BCUT2D eigenvalue weighted by Crippen LogP contribution is -2.24. The standard InChI is InChI=1S/C18H18N4O2/c1-11-12(2)21-16-8-14(5-6-15(16)20-11)18(24)19-9-13-4-7-17(23)22(3)10-13/h4-8,10H,9H2,1-3H3,(H,19,24). The average Bonchev–Trinajstić information content (AvgIpc) is 2.56. The zero-order chi connectivity index (χ0) is 17.3. The van der Waals surface area contributed by atoms with Gasteiger partial charge < -0.3 is 9.88 Å². The SMILES string of the molecule is Cc1nc2ccc(C(=O)NCc3ccc(=O)n(C)c3)cc2nc1C. The summed E-state index contributed by atoms with van der Waals surface area (Å²) in [6, 6.07) is 8.47. The summed E-state index contributed by atoms with van der Waals surface area (Å²) in [5, 5.41) is 2.85. The minimum absolute atomic E-state index is 0.0798. The zero-order valence-corrected chi connectivity index (χ0v) is 13.8. The molecule has 0 saturated carbocycles. The second kappa shape index (κ2) is 6.23. The van der Waals surface area contributed by atoms with Crippen molar-refractivity contribution < 1.29 is 4.79 Å². The molecule has 0 bridgehead atoms. The molecule has 0 fully saturated rings. The highest BCUT2D eigenvalue weighted by Gasteiger charge is 2.09. The number of aromatic nitrogens is 3. The van der Waals surface area contributed by atoms with E-state index in [1.54, 1.807) is 37.5 Å². The van der Waals surface area contributed by atoms with Gasteiger partial charge in [0.05, 0.1) is 22.4 Å². The van der Waals surface area contributed by atoms with E-state index in [1.165, 1.54) is 10.6 Å². The first kappa shape index (κ1) is 15.9. The third-order valence-corrected chi connectivity index (χ3v) is 3.94. The minimum Gasteiger partial charge on any atom is -0.348 e. The molecule has 3 rings (SSSR count). The molecule has 0 unspecified atom stereocenters. The van der Waals surface area contributed by atoms with E-state index >= 15 is 0 Å². The van der Waals surface area contributed by atoms with E-state index in [4.69, 9.17) is 0 Å². The monoisotopic (exact) mass is 322 g/mol. The molecule has 0 aliphatic heterocycles. The summed E-state index contributed by atoms with van der Waals surface area (Å²) in [7, 11) is 1.68. The Bertz CT molecular complexity index is 992. The molecule has 0 aliphatic rings. The van der Waals surface area contributed by atoms with Gasteiger partial charge in [-0.05, 0) is 37.6 Å². The number of hydrogen-bond acceptors (Lipinski definition) is 4. The van der Waals surface area contributed by atoms with E-state index in [0.717, 1.165) is 22.5 Å². The van der Waals surface area contributed by atoms with E-state index in [-0.39, 0.29) is 11.5 Å². The highest BCUT2D eigenvalue weighted by molar-refractivity contribution is 5.97. The van der Waals surface area contributed by atoms with Gasteiger partial charge in [0.2, 0.25) is 5.56 Å². The van der Waals surface area contributed by atoms with Crippen LogP contribution in [0.1, 0.15) is 27.3 Å². The summed E-state index contributed by atoms with van der Waals surface area (Å²) in [5.41, 5.74) is 4.52. The van der Waals surface area contributed by atoms with Gasteiger partial charge in [-0.1, -0.05) is 6.07 Å². The van der Waals surface area contributed by atoms with E-state index in [2.05, 4.69) is 15.3 Å². The molecule has 0 aliphatic carbocycles. The van der Waals surface area contributed by atoms with Crippen LogP contribution in [0.4, 0.5) is 0 Å². The van der Waals surface area contributed by atoms with Crippen molar-refractivity contribution in [1.82, 2.24) is 19.9 Å². The predicted molar refractivity (Wildman–Crippen MR) is 91.9 cm³/mol. The van der Waals surface area contributed by atoms with Crippen LogP contribution < -0.4 is 10.9 Å². The van der Waals surface area contributed by atoms with Crippen molar-refractivity contribution >= 4 is 16.9 Å². The third kappa shape index (κ3) is 3.17. The number of nitrogens with one attached hydrogen (secondary N) is 1. The first-order valence-corrected chi connectivity index (χ1v) is 7.63. The van der Waals surface area contributed by atoms with Crippen LogP contribution in [-0.2, 0) is 13.6 Å². The second-order valence-electron chi connectivity index (χ2n) is 5.77. The van der Waals surface area contributed by atoms with E-state index in [0.29, 0.717) is 17.6 Å². The summed E-state index contributed by atoms with van der Waals surface area (Å²) < 4.78 is 1.48. The molecule has 0 saturated heterocycles. The highest BCUT2D eigenvalue weighted by atomic mass is 16.1. The number of aryl methyl sites for hydroxylation is 3. The van der Waals surface area contributed by atoms with Crippen LogP contribution in [0.2, 0.25) is 0 Å². The van der Waals surface area contributed by atoms with Gasteiger partial charge in [-0.2, -0.15) is 0 Å². The minimum atomic E-state index is -0.189. The molecule has 1 N–H and O–H groups in total. The number of pyridine rings is 1. The van der Waals surface area contributed by atoms with Gasteiger partial charge >= 0.3 is 0 Å². The zero-order valence-electron chi connectivity index (χ0n) is 13.8. The average molecular weight is 322 g/mol. The summed E-state index contributed by atoms with van der Waals surface area (Å²) in [6.07, 6.45) is 1.71. The topological polar surface area (TPSA) is 76.9 Å². The van der Waals surface area contributed by atoms with Gasteiger partial charge in [-0.3, -0.25) is 9.59 Å². The van der Waals surface area contributed by atoms with Crippen molar-refractivity contribution in [1.29, 1.82) is 0 Å². The highest BCUT2D eigenvalue weighted by Crippen LogP contribution is 2.14. The Labute approximate surface area is 139 Å². The Kier molecular flexibility index (Phi) is 4.12. The number of carbonyl (C=O) groups excluding carboxylic acids is 1. The molecule has 1 aromatic carbocycles. The molecule has 24 heavy (non-hydrogen) atoms. The van der Waals surface area contributed by atoms with Gasteiger partial charge in [0.1, 0.15) is 0 Å². The molecule has 6 heteroatoms. The molecular formula is C18H18N4O2. The van der Waals surface area contributed by atoms with Crippen molar-refractivity contribution in [3.8, 4) is 0 Å². The van der Waals surface area contributed by atoms with Gasteiger partial charge in [-0.15, -0.1) is 0 Å². The Balaban J connectivity index is 1.79. The summed E-state index contributed by atoms with van der Waals surface area (Å²) >= 11 is 0. The number of carbonyl (C=O) groups is 1. The molecular weight excluding hydrogens is 304 g/mol. The number of amides is 1. The predicted octanol–water partition coefficient (Wildman–Crippen LogP) is 1.88. The Hall–Kier alpha value is -3.02. The summed E-state index contributed by atoms with van der Waals surface area (Å²) in [6.45, 7) is 4.16. The van der Waals surface area contributed by atoms with Gasteiger partial charge in [-0.25, -0.2) is 9.97 Å². The van der Waals surface area contributed by atoms with E-state index < -0.39 is 0 Å². The van der Waals surface area contributed by atoms with Gasteiger partial charge in [0, 0.05) is 31.4 Å². The number of hydrogen-bond donors (Lipinski definition) is 1. The largest absolute Gasteiger partial charge is 0.348 e. The molecule has 0 atom stereocenters. The molecule has 2 heterocycles. The first-order chi connectivity index (χ1) is 11.4. The molecule has 0 spiro atoms. The lowest BCUT2D eigenvalue weighted by molar-refractivity contribution is 0.0951. The van der Waals surface area contributed by atoms with Crippen LogP contribution in [0.25, 0.3) is 11.0 Å². The van der Waals surface area contributed by atoms with Crippen molar-refractivity contribution in [3.05, 3.63) is 69.4 Å². The van der Waals surface area contributed by atoms with Crippen molar-refractivity contribution in [2.45, 2.75) is 20.4 Å².